The molecule has 9 heteroatoms. The largest absolute Gasteiger partial charge is 0.492 e. The Hall–Kier alpha value is -4.79. The van der Waals surface area contributed by atoms with E-state index in [0.29, 0.717) is 22.9 Å². The molecular weight excluding hydrogens is 494 g/mol. The smallest absolute Gasteiger partial charge is 0.345 e. The first-order valence-electron chi connectivity index (χ1n) is 11.7. The summed E-state index contributed by atoms with van der Waals surface area (Å²) in [5.41, 5.74) is 2.89. The van der Waals surface area contributed by atoms with E-state index < -0.39 is 23.7 Å². The van der Waals surface area contributed by atoms with Gasteiger partial charge in [-0.05, 0) is 42.0 Å². The lowest BCUT2D eigenvalue weighted by Crippen LogP contribution is -2.29. The highest BCUT2D eigenvalue weighted by Crippen LogP contribution is 2.20. The molecule has 0 bridgehead atoms. The SMILES string of the molecule is O=C(NCCOc1ccc(CC(Oc2cc(F)cc(F)c2)C(=O)O)cc1)c1ccc(-c2ccccn2)cc1. The molecule has 194 valence electrons. The summed E-state index contributed by atoms with van der Waals surface area (Å²) in [6.45, 7) is 0.505. The monoisotopic (exact) mass is 518 g/mol. The Morgan fingerprint density at radius 3 is 2.24 bits per heavy atom. The normalized spacial score (nSPS) is 11.4. The Morgan fingerprint density at radius 2 is 1.61 bits per heavy atom. The fourth-order valence-electron chi connectivity index (χ4n) is 3.64. The summed E-state index contributed by atoms with van der Waals surface area (Å²) in [4.78, 5) is 28.3. The van der Waals surface area contributed by atoms with E-state index >= 15 is 0 Å². The van der Waals surface area contributed by atoms with Crippen LogP contribution in [0.2, 0.25) is 0 Å². The van der Waals surface area contributed by atoms with Crippen molar-refractivity contribution in [3.05, 3.63) is 114 Å². The quantitative estimate of drug-likeness (QED) is 0.274. The van der Waals surface area contributed by atoms with E-state index in [1.807, 2.05) is 30.3 Å². The van der Waals surface area contributed by atoms with E-state index in [1.165, 1.54) is 0 Å². The number of carbonyl (C=O) groups is 2. The van der Waals surface area contributed by atoms with Crippen molar-refractivity contribution in [1.29, 1.82) is 0 Å². The maximum atomic E-state index is 13.4. The molecule has 1 unspecified atom stereocenters. The molecule has 0 aliphatic rings. The molecule has 4 aromatic rings. The van der Waals surface area contributed by atoms with Crippen LogP contribution in [0.15, 0.2) is 91.1 Å². The van der Waals surface area contributed by atoms with Crippen LogP contribution in [0, 0.1) is 11.6 Å². The van der Waals surface area contributed by atoms with Gasteiger partial charge in [-0.15, -0.1) is 0 Å². The molecule has 0 radical (unpaired) electrons. The number of amides is 1. The molecule has 0 aliphatic carbocycles. The van der Waals surface area contributed by atoms with Crippen LogP contribution < -0.4 is 14.8 Å². The van der Waals surface area contributed by atoms with Crippen LogP contribution in [0.5, 0.6) is 11.5 Å². The van der Waals surface area contributed by atoms with Gasteiger partial charge in [-0.1, -0.05) is 30.3 Å². The van der Waals surface area contributed by atoms with Crippen LogP contribution in [-0.2, 0) is 11.2 Å². The molecule has 0 saturated heterocycles. The van der Waals surface area contributed by atoms with Gasteiger partial charge in [0.25, 0.3) is 5.91 Å². The summed E-state index contributed by atoms with van der Waals surface area (Å²) in [5, 5.41) is 12.2. The molecule has 7 nitrogen and oxygen atoms in total. The number of nitrogens with zero attached hydrogens (tertiary/aromatic N) is 1. The molecule has 0 saturated carbocycles. The van der Waals surface area contributed by atoms with Gasteiger partial charge in [-0.3, -0.25) is 9.78 Å². The van der Waals surface area contributed by atoms with Crippen LogP contribution >= 0.6 is 0 Å². The molecule has 4 rings (SSSR count). The summed E-state index contributed by atoms with van der Waals surface area (Å²) >= 11 is 0. The molecule has 38 heavy (non-hydrogen) atoms. The maximum absolute atomic E-state index is 13.4. The predicted molar refractivity (Wildman–Crippen MR) is 136 cm³/mol. The summed E-state index contributed by atoms with van der Waals surface area (Å²) in [6, 6.07) is 22.0. The Labute approximate surface area is 217 Å². The van der Waals surface area contributed by atoms with E-state index in [2.05, 4.69) is 10.3 Å². The van der Waals surface area contributed by atoms with Crippen molar-refractivity contribution in [2.24, 2.45) is 0 Å². The number of aromatic nitrogens is 1. The van der Waals surface area contributed by atoms with Crippen LogP contribution in [-0.4, -0.2) is 41.2 Å². The van der Waals surface area contributed by atoms with Crippen LogP contribution in [0.1, 0.15) is 15.9 Å². The Balaban J connectivity index is 1.23. The van der Waals surface area contributed by atoms with Crippen molar-refractivity contribution in [2.45, 2.75) is 12.5 Å². The Morgan fingerprint density at radius 1 is 0.895 bits per heavy atom. The highest BCUT2D eigenvalue weighted by atomic mass is 19.1. The highest BCUT2D eigenvalue weighted by Gasteiger charge is 2.21. The molecule has 1 aromatic heterocycles. The standard InChI is InChI=1S/C29H24F2N2O5/c30-22-16-23(31)18-25(17-22)38-27(29(35)36)15-19-4-10-24(11-5-19)37-14-13-33-28(34)21-8-6-20(7-9-21)26-3-1-2-12-32-26/h1-12,16-18,27H,13-15H2,(H,33,34)(H,35,36). The molecule has 0 spiro atoms. The summed E-state index contributed by atoms with van der Waals surface area (Å²) in [7, 11) is 0. The summed E-state index contributed by atoms with van der Waals surface area (Å²) in [5.74, 6) is -2.89. The Bertz CT molecular complexity index is 1360. The number of benzene rings is 3. The third kappa shape index (κ3) is 7.36. The van der Waals surface area contributed by atoms with Crippen molar-refractivity contribution in [2.75, 3.05) is 13.2 Å². The van der Waals surface area contributed by atoms with Gasteiger partial charge >= 0.3 is 5.97 Å². The average Bonchev–Trinajstić information content (AvgIpc) is 2.91. The number of carboxylic acids is 1. The topological polar surface area (TPSA) is 97.8 Å². The van der Waals surface area contributed by atoms with Gasteiger partial charge in [0.2, 0.25) is 0 Å². The van der Waals surface area contributed by atoms with Gasteiger partial charge in [-0.25, -0.2) is 13.6 Å². The second-order valence-electron chi connectivity index (χ2n) is 8.29. The van der Waals surface area contributed by atoms with Crippen molar-refractivity contribution in [1.82, 2.24) is 10.3 Å². The first-order valence-corrected chi connectivity index (χ1v) is 11.7. The molecule has 1 heterocycles. The van der Waals surface area contributed by atoms with Crippen LogP contribution in [0.25, 0.3) is 11.3 Å². The number of rotatable bonds is 11. The number of hydrogen-bond donors (Lipinski definition) is 2. The number of carboxylic acid groups (broad SMARTS) is 1. The minimum Gasteiger partial charge on any atom is -0.492 e. The van der Waals surface area contributed by atoms with Gasteiger partial charge in [0.1, 0.15) is 29.7 Å². The summed E-state index contributed by atoms with van der Waals surface area (Å²) < 4.78 is 37.7. The van der Waals surface area contributed by atoms with Crippen molar-refractivity contribution in [3.63, 3.8) is 0 Å². The molecule has 1 amide bonds. The van der Waals surface area contributed by atoms with Gasteiger partial charge in [0.15, 0.2) is 6.10 Å². The lowest BCUT2D eigenvalue weighted by atomic mass is 10.1. The second kappa shape index (κ2) is 12.4. The number of hydrogen-bond acceptors (Lipinski definition) is 5. The zero-order valence-electron chi connectivity index (χ0n) is 20.1. The molecule has 3 aromatic carbocycles. The van der Waals surface area contributed by atoms with Crippen molar-refractivity contribution < 1.29 is 33.0 Å². The Kier molecular flexibility index (Phi) is 8.61. The third-order valence-corrected chi connectivity index (χ3v) is 5.50. The van der Waals surface area contributed by atoms with E-state index in [1.54, 1.807) is 42.6 Å². The highest BCUT2D eigenvalue weighted by molar-refractivity contribution is 5.94. The third-order valence-electron chi connectivity index (χ3n) is 5.50. The van der Waals surface area contributed by atoms with E-state index in [4.69, 9.17) is 9.47 Å². The van der Waals surface area contributed by atoms with E-state index in [9.17, 15) is 23.5 Å². The molecular formula is C29H24F2N2O5. The molecule has 0 aliphatic heterocycles. The van der Waals surface area contributed by atoms with Gasteiger partial charge in [-0.2, -0.15) is 0 Å². The molecule has 2 N–H and O–H groups in total. The maximum Gasteiger partial charge on any atom is 0.345 e. The lowest BCUT2D eigenvalue weighted by molar-refractivity contribution is -0.145. The van der Waals surface area contributed by atoms with Gasteiger partial charge in [0, 0.05) is 41.9 Å². The van der Waals surface area contributed by atoms with E-state index in [0.717, 1.165) is 23.4 Å². The number of pyridine rings is 1. The van der Waals surface area contributed by atoms with Crippen molar-refractivity contribution >= 4 is 11.9 Å². The van der Waals surface area contributed by atoms with Gasteiger partial charge < -0.3 is 19.9 Å². The lowest BCUT2D eigenvalue weighted by Gasteiger charge is -2.16. The summed E-state index contributed by atoms with van der Waals surface area (Å²) in [6.07, 6.45) is 0.350. The second-order valence-corrected chi connectivity index (χ2v) is 8.29. The number of nitrogens with one attached hydrogen (secondary N) is 1. The number of aliphatic carboxylic acids is 1. The first kappa shape index (κ1) is 26.3. The number of ether oxygens (including phenoxy) is 2. The fraction of sp³-hybridized carbons (Fsp3) is 0.138. The fourth-order valence-corrected chi connectivity index (χ4v) is 3.64. The number of halogens is 2. The van der Waals surface area contributed by atoms with Gasteiger partial charge in [0.05, 0.1) is 12.2 Å². The molecule has 0 fully saturated rings. The first-order chi connectivity index (χ1) is 18.4. The number of carbonyl (C=O) groups excluding carboxylic acids is 1. The van der Waals surface area contributed by atoms with Crippen LogP contribution in [0.4, 0.5) is 8.78 Å². The minimum atomic E-state index is -1.34. The van der Waals surface area contributed by atoms with Crippen molar-refractivity contribution in [3.8, 4) is 22.8 Å². The molecule has 1 atom stereocenters. The van der Waals surface area contributed by atoms with E-state index in [-0.39, 0.29) is 31.2 Å². The van der Waals surface area contributed by atoms with Crippen LogP contribution in [0.3, 0.4) is 0 Å². The zero-order valence-corrected chi connectivity index (χ0v) is 20.1. The predicted octanol–water partition coefficient (Wildman–Crippen LogP) is 4.91. The minimum absolute atomic E-state index is 0.0249. The zero-order chi connectivity index (χ0) is 26.9. The average molecular weight is 519 g/mol.